The fraction of sp³-hybridized carbons (Fsp3) is 0.250. The van der Waals surface area contributed by atoms with Crippen LogP contribution in [0.1, 0.15) is 46.6 Å². The molecular weight excluding hydrogens is 392 g/mol. The molecule has 4 heterocycles. The van der Waals surface area contributed by atoms with Crippen molar-refractivity contribution < 1.29 is 9.53 Å². The second-order valence-corrected chi connectivity index (χ2v) is 7.74. The van der Waals surface area contributed by atoms with Crippen molar-refractivity contribution in [1.82, 2.24) is 14.0 Å². The Labute approximate surface area is 178 Å². The highest BCUT2D eigenvalue weighted by Crippen LogP contribution is 2.20. The number of pyridine rings is 1. The van der Waals surface area contributed by atoms with Gasteiger partial charge in [0.2, 0.25) is 0 Å². The molecule has 0 atom stereocenters. The van der Waals surface area contributed by atoms with Crippen LogP contribution in [0.5, 0.6) is 0 Å². The average Bonchev–Trinajstić information content (AvgIpc) is 2.98. The van der Waals surface area contributed by atoms with Gasteiger partial charge in [0.1, 0.15) is 18.5 Å². The summed E-state index contributed by atoms with van der Waals surface area (Å²) in [6.07, 6.45) is 7.46. The van der Waals surface area contributed by atoms with Crippen LogP contribution in [0.4, 0.5) is 0 Å². The number of rotatable bonds is 3. The number of aryl methyl sites for hydroxylation is 1. The number of hydrogen-bond donors (Lipinski definition) is 0. The molecule has 1 aromatic carbocycles. The van der Waals surface area contributed by atoms with Crippen LogP contribution in [0.2, 0.25) is 0 Å². The van der Waals surface area contributed by atoms with E-state index in [1.54, 1.807) is 29.0 Å². The van der Waals surface area contributed by atoms with Crippen molar-refractivity contribution in [2.75, 3.05) is 0 Å². The maximum atomic E-state index is 12.8. The first kappa shape index (κ1) is 19.1. The van der Waals surface area contributed by atoms with Crippen LogP contribution in [0.3, 0.4) is 0 Å². The van der Waals surface area contributed by atoms with Gasteiger partial charge in [0.25, 0.3) is 5.56 Å². The lowest BCUT2D eigenvalue weighted by molar-refractivity contribution is 0.0473. The zero-order valence-corrected chi connectivity index (χ0v) is 16.9. The molecule has 1 aliphatic rings. The summed E-state index contributed by atoms with van der Waals surface area (Å²) in [5, 5.41) is 10.0. The van der Waals surface area contributed by atoms with E-state index in [1.807, 2.05) is 28.8 Å². The number of aromatic nitrogens is 3. The van der Waals surface area contributed by atoms with Crippen LogP contribution in [-0.2, 0) is 24.3 Å². The van der Waals surface area contributed by atoms with E-state index in [4.69, 9.17) is 4.74 Å². The summed E-state index contributed by atoms with van der Waals surface area (Å²) in [5.74, 6) is 0.262. The SMILES string of the molecule is N#Cc1c(COC(=O)c2ccc3c(=O)n4c(nc3c2)CCCCC4)cn2ccccc12. The van der Waals surface area contributed by atoms with Gasteiger partial charge < -0.3 is 9.14 Å². The van der Waals surface area contributed by atoms with Gasteiger partial charge in [-0.3, -0.25) is 9.36 Å². The Bertz CT molecular complexity index is 1420. The molecule has 0 amide bonds. The molecule has 3 aromatic heterocycles. The van der Waals surface area contributed by atoms with Gasteiger partial charge in [0, 0.05) is 30.9 Å². The fourth-order valence-electron chi connectivity index (χ4n) is 4.19. The van der Waals surface area contributed by atoms with Crippen molar-refractivity contribution in [2.24, 2.45) is 0 Å². The maximum Gasteiger partial charge on any atom is 0.338 e. The average molecular weight is 412 g/mol. The zero-order chi connectivity index (χ0) is 21.4. The molecule has 0 fully saturated rings. The standard InChI is InChI=1S/C24H20N4O3/c25-13-19-17(14-27-10-5-3-6-21(19)27)15-31-24(30)16-8-9-18-20(12-16)26-22-7-2-1-4-11-28(22)23(18)29/h3,5-6,8-10,12,14H,1-2,4,7,11,15H2. The number of benzene rings is 1. The van der Waals surface area contributed by atoms with Gasteiger partial charge in [-0.2, -0.15) is 5.26 Å². The molecule has 4 aromatic rings. The van der Waals surface area contributed by atoms with E-state index in [1.165, 1.54) is 0 Å². The summed E-state index contributed by atoms with van der Waals surface area (Å²) in [7, 11) is 0. The lowest BCUT2D eigenvalue weighted by Crippen LogP contribution is -2.24. The molecule has 31 heavy (non-hydrogen) atoms. The normalized spacial score (nSPS) is 13.5. The summed E-state index contributed by atoms with van der Waals surface area (Å²) in [4.78, 5) is 30.2. The van der Waals surface area contributed by atoms with Gasteiger partial charge in [0.15, 0.2) is 0 Å². The first-order valence-electron chi connectivity index (χ1n) is 10.3. The number of ether oxygens (including phenoxy) is 1. The van der Waals surface area contributed by atoms with E-state index in [9.17, 15) is 14.9 Å². The zero-order valence-electron chi connectivity index (χ0n) is 16.9. The van der Waals surface area contributed by atoms with E-state index in [2.05, 4.69) is 11.1 Å². The molecule has 0 unspecified atom stereocenters. The Morgan fingerprint density at radius 1 is 1.19 bits per heavy atom. The second kappa shape index (κ2) is 7.73. The largest absolute Gasteiger partial charge is 0.457 e. The topological polar surface area (TPSA) is 89.4 Å². The molecule has 7 heteroatoms. The number of fused-ring (bicyclic) bond motifs is 3. The number of nitriles is 1. The Balaban J connectivity index is 1.43. The molecular formula is C24H20N4O3. The Kier molecular flexibility index (Phi) is 4.75. The van der Waals surface area contributed by atoms with Crippen molar-refractivity contribution in [3.05, 3.63) is 81.7 Å². The Hall–Kier alpha value is -3.92. The quantitative estimate of drug-likeness (QED) is 0.480. The van der Waals surface area contributed by atoms with Crippen molar-refractivity contribution >= 4 is 22.4 Å². The van der Waals surface area contributed by atoms with E-state index in [-0.39, 0.29) is 12.2 Å². The predicted octanol–water partition coefficient (Wildman–Crippen LogP) is 3.60. The highest BCUT2D eigenvalue weighted by atomic mass is 16.5. The Morgan fingerprint density at radius 2 is 2.10 bits per heavy atom. The third kappa shape index (κ3) is 3.36. The number of carbonyl (C=O) groups is 1. The van der Waals surface area contributed by atoms with Crippen LogP contribution < -0.4 is 5.56 Å². The van der Waals surface area contributed by atoms with Gasteiger partial charge >= 0.3 is 5.97 Å². The minimum atomic E-state index is -0.516. The lowest BCUT2D eigenvalue weighted by atomic mass is 10.1. The first-order chi connectivity index (χ1) is 15.2. The smallest absolute Gasteiger partial charge is 0.338 e. The lowest BCUT2D eigenvalue weighted by Gasteiger charge is -2.11. The molecule has 7 nitrogen and oxygen atoms in total. The summed E-state index contributed by atoms with van der Waals surface area (Å²) in [6, 6.07) is 12.6. The number of hydrogen-bond acceptors (Lipinski definition) is 5. The minimum Gasteiger partial charge on any atom is -0.457 e. The number of nitrogens with zero attached hydrogens (tertiary/aromatic N) is 4. The third-order valence-corrected chi connectivity index (χ3v) is 5.78. The Morgan fingerprint density at radius 3 is 2.97 bits per heavy atom. The van der Waals surface area contributed by atoms with Gasteiger partial charge in [-0.05, 0) is 43.2 Å². The van der Waals surface area contributed by atoms with Crippen LogP contribution >= 0.6 is 0 Å². The summed E-state index contributed by atoms with van der Waals surface area (Å²) in [6.45, 7) is 0.676. The third-order valence-electron chi connectivity index (χ3n) is 5.78. The molecule has 0 saturated carbocycles. The van der Waals surface area contributed by atoms with Gasteiger partial charge in [-0.1, -0.05) is 12.5 Å². The predicted molar refractivity (Wildman–Crippen MR) is 115 cm³/mol. The fourth-order valence-corrected chi connectivity index (χ4v) is 4.19. The second-order valence-electron chi connectivity index (χ2n) is 7.74. The summed E-state index contributed by atoms with van der Waals surface area (Å²) < 4.78 is 9.08. The highest BCUT2D eigenvalue weighted by Gasteiger charge is 2.17. The molecule has 0 radical (unpaired) electrons. The van der Waals surface area contributed by atoms with Gasteiger partial charge in [-0.25, -0.2) is 9.78 Å². The van der Waals surface area contributed by atoms with Crippen molar-refractivity contribution in [3.8, 4) is 6.07 Å². The van der Waals surface area contributed by atoms with Crippen LogP contribution in [-0.4, -0.2) is 19.9 Å². The van der Waals surface area contributed by atoms with E-state index in [0.29, 0.717) is 34.1 Å². The van der Waals surface area contributed by atoms with Crippen LogP contribution in [0.25, 0.3) is 16.4 Å². The highest BCUT2D eigenvalue weighted by molar-refractivity contribution is 5.94. The van der Waals surface area contributed by atoms with Gasteiger partial charge in [0.05, 0.1) is 27.5 Å². The molecule has 1 aliphatic heterocycles. The first-order valence-corrected chi connectivity index (χ1v) is 10.3. The molecule has 154 valence electrons. The summed E-state index contributed by atoms with van der Waals surface area (Å²) in [5.41, 5.74) is 2.70. The van der Waals surface area contributed by atoms with Crippen molar-refractivity contribution in [3.63, 3.8) is 0 Å². The summed E-state index contributed by atoms with van der Waals surface area (Å²) >= 11 is 0. The van der Waals surface area contributed by atoms with Crippen LogP contribution in [0.15, 0.2) is 53.6 Å². The molecule has 0 aliphatic carbocycles. The van der Waals surface area contributed by atoms with Crippen molar-refractivity contribution in [1.29, 1.82) is 5.26 Å². The number of carbonyl (C=O) groups excluding carboxylic acids is 1. The van der Waals surface area contributed by atoms with Crippen LogP contribution in [0, 0.1) is 11.3 Å². The molecule has 0 spiro atoms. The molecule has 0 saturated heterocycles. The minimum absolute atomic E-state index is 0.0122. The maximum absolute atomic E-state index is 12.8. The van der Waals surface area contributed by atoms with E-state index < -0.39 is 5.97 Å². The molecule has 0 bridgehead atoms. The number of esters is 1. The molecule has 0 N–H and O–H groups in total. The van der Waals surface area contributed by atoms with E-state index >= 15 is 0 Å². The monoisotopic (exact) mass is 412 g/mol. The molecule has 5 rings (SSSR count). The van der Waals surface area contributed by atoms with Crippen molar-refractivity contribution in [2.45, 2.75) is 38.8 Å². The van der Waals surface area contributed by atoms with E-state index in [0.717, 1.165) is 37.0 Å². The van der Waals surface area contributed by atoms with Gasteiger partial charge in [-0.15, -0.1) is 0 Å².